The van der Waals surface area contributed by atoms with Crippen molar-refractivity contribution in [2.75, 3.05) is 10.6 Å². The van der Waals surface area contributed by atoms with Crippen LogP contribution in [0.3, 0.4) is 0 Å². The van der Waals surface area contributed by atoms with Crippen molar-refractivity contribution in [2.45, 2.75) is 77.0 Å². The Morgan fingerprint density at radius 2 is 0.885 bits per heavy atom. The summed E-state index contributed by atoms with van der Waals surface area (Å²) in [5, 5.41) is 6.08. The highest BCUT2D eigenvalue weighted by molar-refractivity contribution is 5.94. The Morgan fingerprint density at radius 3 is 1.19 bits per heavy atom. The maximum Gasteiger partial charge on any atom is 0.227 e. The molecular weight excluding hydrogens is 324 g/mol. The normalized spacial score (nSPS) is 20.0. The minimum Gasteiger partial charge on any atom is -0.326 e. The summed E-state index contributed by atoms with van der Waals surface area (Å²) in [6.07, 6.45) is 13.6. The highest BCUT2D eigenvalue weighted by Crippen LogP contribution is 2.26. The van der Waals surface area contributed by atoms with Crippen LogP contribution in [0, 0.1) is 11.8 Å². The van der Waals surface area contributed by atoms with Gasteiger partial charge in [-0.2, -0.15) is 0 Å². The second-order valence-corrected chi connectivity index (χ2v) is 7.93. The van der Waals surface area contributed by atoms with Gasteiger partial charge in [-0.25, -0.2) is 0 Å². The standard InChI is InChI=1S/C22H32N2O2/c25-21(17-9-5-1-2-6-10-17)23-19-13-15-20(16-14-19)24-22(26)18-11-7-3-4-8-12-18/h13-18H,1-12H2,(H,23,25)(H,24,26). The van der Waals surface area contributed by atoms with E-state index in [9.17, 15) is 9.59 Å². The van der Waals surface area contributed by atoms with Gasteiger partial charge >= 0.3 is 0 Å². The zero-order chi connectivity index (χ0) is 18.2. The van der Waals surface area contributed by atoms with Crippen LogP contribution in [0.4, 0.5) is 11.4 Å². The Hall–Kier alpha value is -1.84. The van der Waals surface area contributed by atoms with Crippen molar-refractivity contribution >= 4 is 23.2 Å². The fourth-order valence-electron chi connectivity index (χ4n) is 4.21. The largest absolute Gasteiger partial charge is 0.326 e. The highest BCUT2D eigenvalue weighted by atomic mass is 16.2. The van der Waals surface area contributed by atoms with Crippen molar-refractivity contribution in [3.05, 3.63) is 24.3 Å². The fraction of sp³-hybridized carbons (Fsp3) is 0.636. The average molecular weight is 357 g/mol. The highest BCUT2D eigenvalue weighted by Gasteiger charge is 2.21. The molecular formula is C22H32N2O2. The van der Waals surface area contributed by atoms with Crippen LogP contribution in [-0.4, -0.2) is 11.8 Å². The molecule has 0 saturated heterocycles. The third kappa shape index (κ3) is 5.58. The minimum absolute atomic E-state index is 0.141. The van der Waals surface area contributed by atoms with Crippen LogP contribution >= 0.6 is 0 Å². The van der Waals surface area contributed by atoms with E-state index >= 15 is 0 Å². The third-order valence-electron chi connectivity index (χ3n) is 5.87. The number of anilines is 2. The molecule has 0 spiro atoms. The lowest BCUT2D eigenvalue weighted by molar-refractivity contribution is -0.121. The summed E-state index contributed by atoms with van der Waals surface area (Å²) in [4.78, 5) is 24.9. The van der Waals surface area contributed by atoms with E-state index in [1.807, 2.05) is 24.3 Å². The summed E-state index contributed by atoms with van der Waals surface area (Å²) in [5.74, 6) is 0.573. The van der Waals surface area contributed by atoms with E-state index in [1.165, 1.54) is 25.7 Å². The minimum atomic E-state index is 0.141. The van der Waals surface area contributed by atoms with Gasteiger partial charge in [-0.05, 0) is 49.9 Å². The van der Waals surface area contributed by atoms with Crippen molar-refractivity contribution in [1.29, 1.82) is 0 Å². The molecule has 2 saturated carbocycles. The van der Waals surface area contributed by atoms with Crippen molar-refractivity contribution < 1.29 is 9.59 Å². The van der Waals surface area contributed by atoms with E-state index in [0.717, 1.165) is 62.7 Å². The second-order valence-electron chi connectivity index (χ2n) is 7.93. The Balaban J connectivity index is 1.51. The second kappa shape index (κ2) is 9.75. The SMILES string of the molecule is O=C(Nc1ccc(NC(=O)C2CCCCCC2)cc1)C1CCCCCC1. The lowest BCUT2D eigenvalue weighted by atomic mass is 9.99. The molecule has 26 heavy (non-hydrogen) atoms. The molecule has 4 heteroatoms. The molecule has 2 amide bonds. The molecule has 0 bridgehead atoms. The summed E-state index contributed by atoms with van der Waals surface area (Å²) >= 11 is 0. The van der Waals surface area contributed by atoms with E-state index in [4.69, 9.17) is 0 Å². The summed E-state index contributed by atoms with van der Waals surface area (Å²) in [7, 11) is 0. The molecule has 2 N–H and O–H groups in total. The lowest BCUT2D eigenvalue weighted by Crippen LogP contribution is -2.23. The monoisotopic (exact) mass is 356 g/mol. The molecule has 2 aliphatic rings. The van der Waals surface area contributed by atoms with E-state index in [1.54, 1.807) is 0 Å². The lowest BCUT2D eigenvalue weighted by Gasteiger charge is -2.16. The number of benzene rings is 1. The maximum atomic E-state index is 12.4. The van der Waals surface area contributed by atoms with Crippen LogP contribution in [0.1, 0.15) is 77.0 Å². The Morgan fingerprint density at radius 1 is 0.577 bits per heavy atom. The summed E-state index contributed by atoms with van der Waals surface area (Å²) in [6, 6.07) is 7.54. The van der Waals surface area contributed by atoms with Crippen LogP contribution in [0.25, 0.3) is 0 Å². The van der Waals surface area contributed by atoms with Gasteiger partial charge in [0, 0.05) is 23.2 Å². The molecule has 0 atom stereocenters. The zero-order valence-electron chi connectivity index (χ0n) is 15.8. The van der Waals surface area contributed by atoms with Crippen LogP contribution in [0.15, 0.2) is 24.3 Å². The summed E-state index contributed by atoms with van der Waals surface area (Å²) in [5.41, 5.74) is 1.62. The molecule has 3 rings (SSSR count). The molecule has 4 nitrogen and oxygen atoms in total. The first-order valence-corrected chi connectivity index (χ1v) is 10.4. The number of amides is 2. The van der Waals surface area contributed by atoms with Crippen LogP contribution < -0.4 is 10.6 Å². The van der Waals surface area contributed by atoms with Gasteiger partial charge in [0.1, 0.15) is 0 Å². The quantitative estimate of drug-likeness (QED) is 0.699. The first-order chi connectivity index (χ1) is 12.7. The van der Waals surface area contributed by atoms with Gasteiger partial charge in [-0.15, -0.1) is 0 Å². The van der Waals surface area contributed by atoms with E-state index in [-0.39, 0.29) is 23.7 Å². The van der Waals surface area contributed by atoms with Crippen LogP contribution in [0.2, 0.25) is 0 Å². The van der Waals surface area contributed by atoms with Crippen molar-refractivity contribution in [1.82, 2.24) is 0 Å². The predicted molar refractivity (Wildman–Crippen MR) is 106 cm³/mol. The molecule has 2 aliphatic carbocycles. The molecule has 2 fully saturated rings. The number of rotatable bonds is 4. The van der Waals surface area contributed by atoms with Gasteiger partial charge < -0.3 is 10.6 Å². The fourth-order valence-corrected chi connectivity index (χ4v) is 4.21. The summed E-state index contributed by atoms with van der Waals surface area (Å²) in [6.45, 7) is 0. The Kier molecular flexibility index (Phi) is 7.10. The third-order valence-corrected chi connectivity index (χ3v) is 5.87. The topological polar surface area (TPSA) is 58.2 Å². The molecule has 0 radical (unpaired) electrons. The van der Waals surface area contributed by atoms with Crippen LogP contribution in [-0.2, 0) is 9.59 Å². The number of hydrogen-bond donors (Lipinski definition) is 2. The molecule has 0 aliphatic heterocycles. The molecule has 1 aromatic carbocycles. The van der Waals surface area contributed by atoms with Crippen molar-refractivity contribution in [2.24, 2.45) is 11.8 Å². The van der Waals surface area contributed by atoms with Gasteiger partial charge in [0.05, 0.1) is 0 Å². The van der Waals surface area contributed by atoms with Crippen molar-refractivity contribution in [3.63, 3.8) is 0 Å². The summed E-state index contributed by atoms with van der Waals surface area (Å²) < 4.78 is 0. The predicted octanol–water partition coefficient (Wildman–Crippen LogP) is 5.50. The first kappa shape index (κ1) is 18.9. The molecule has 142 valence electrons. The Labute approximate surface area is 157 Å². The molecule has 0 aromatic heterocycles. The van der Waals surface area contributed by atoms with E-state index in [2.05, 4.69) is 10.6 Å². The number of carbonyl (C=O) groups is 2. The van der Waals surface area contributed by atoms with Crippen molar-refractivity contribution in [3.8, 4) is 0 Å². The first-order valence-electron chi connectivity index (χ1n) is 10.4. The average Bonchev–Trinajstić information content (AvgIpc) is 3.08. The van der Waals surface area contributed by atoms with Gasteiger partial charge in [-0.1, -0.05) is 51.4 Å². The van der Waals surface area contributed by atoms with E-state index < -0.39 is 0 Å². The zero-order valence-corrected chi connectivity index (χ0v) is 15.8. The van der Waals surface area contributed by atoms with Crippen LogP contribution in [0.5, 0.6) is 0 Å². The number of nitrogens with one attached hydrogen (secondary N) is 2. The van der Waals surface area contributed by atoms with Gasteiger partial charge in [0.25, 0.3) is 0 Å². The van der Waals surface area contributed by atoms with Gasteiger partial charge in [-0.3, -0.25) is 9.59 Å². The van der Waals surface area contributed by atoms with Gasteiger partial charge in [0.15, 0.2) is 0 Å². The molecule has 0 heterocycles. The Bertz CT molecular complexity index is 528. The number of hydrogen-bond acceptors (Lipinski definition) is 2. The van der Waals surface area contributed by atoms with Gasteiger partial charge in [0.2, 0.25) is 11.8 Å². The number of carbonyl (C=O) groups excluding carboxylic acids is 2. The maximum absolute atomic E-state index is 12.4. The molecule has 1 aromatic rings. The molecule has 0 unspecified atom stereocenters. The smallest absolute Gasteiger partial charge is 0.227 e. The van der Waals surface area contributed by atoms with E-state index in [0.29, 0.717) is 0 Å².